The summed E-state index contributed by atoms with van der Waals surface area (Å²) in [5, 5.41) is 15.8. The molecule has 0 saturated carbocycles. The third kappa shape index (κ3) is 6.48. The van der Waals surface area contributed by atoms with Gasteiger partial charge in [0.25, 0.3) is 0 Å². The zero-order chi connectivity index (χ0) is 41.9. The summed E-state index contributed by atoms with van der Waals surface area (Å²) in [7, 11) is 0. The van der Waals surface area contributed by atoms with Crippen molar-refractivity contribution in [1.29, 1.82) is 5.26 Å². The predicted octanol–water partition coefficient (Wildman–Crippen LogP) is 14.9. The molecule has 8 rings (SSSR count). The number of benzene rings is 6. The molecule has 0 N–H and O–H groups in total. The van der Waals surface area contributed by atoms with Gasteiger partial charge in [-0.25, -0.2) is 8.78 Å². The SMILES string of the molecule is CC(C)(C)c1ccc2c(c1)c1cc(C(C)(C)C)ccc1n2-c1cc(-c2ccc(F)cc2F)cc(-n2c3ccc(C(C)(C)C)cc3c3cc(C(C)(C)C)ccc32)c1C#N. The first-order valence-electron chi connectivity index (χ1n) is 20.3. The van der Waals surface area contributed by atoms with Gasteiger partial charge < -0.3 is 9.13 Å². The molecule has 0 aliphatic heterocycles. The van der Waals surface area contributed by atoms with E-state index in [-0.39, 0.29) is 27.2 Å². The van der Waals surface area contributed by atoms with E-state index in [1.807, 2.05) is 12.1 Å². The van der Waals surface area contributed by atoms with E-state index >= 15 is 4.39 Å². The molecule has 3 nitrogen and oxygen atoms in total. The summed E-state index contributed by atoms with van der Waals surface area (Å²) in [6, 6.07) is 36.6. The second-order valence-corrected chi connectivity index (χ2v) is 20.2. The van der Waals surface area contributed by atoms with Crippen LogP contribution < -0.4 is 0 Å². The largest absolute Gasteiger partial charge is 0.308 e. The van der Waals surface area contributed by atoms with Crippen molar-refractivity contribution in [2.75, 3.05) is 0 Å². The van der Waals surface area contributed by atoms with E-state index in [0.29, 0.717) is 22.5 Å². The Kier molecular flexibility index (Phi) is 8.87. The van der Waals surface area contributed by atoms with E-state index in [2.05, 4.69) is 171 Å². The summed E-state index contributed by atoms with van der Waals surface area (Å²) in [5.41, 5.74) is 10.7. The van der Waals surface area contributed by atoms with Crippen LogP contribution in [0.3, 0.4) is 0 Å². The van der Waals surface area contributed by atoms with Crippen molar-refractivity contribution < 1.29 is 8.78 Å². The van der Waals surface area contributed by atoms with Crippen LogP contribution >= 0.6 is 0 Å². The molecule has 0 fully saturated rings. The Bertz CT molecular complexity index is 2700. The number of halogens is 2. The summed E-state index contributed by atoms with van der Waals surface area (Å²) in [4.78, 5) is 0. The molecule has 2 aromatic heterocycles. The van der Waals surface area contributed by atoms with Crippen LogP contribution in [0.25, 0.3) is 66.1 Å². The third-order valence-corrected chi connectivity index (χ3v) is 11.9. The number of fused-ring (bicyclic) bond motifs is 6. The number of hydrogen-bond donors (Lipinski definition) is 0. The van der Waals surface area contributed by atoms with Crippen molar-refractivity contribution in [3.63, 3.8) is 0 Å². The van der Waals surface area contributed by atoms with Gasteiger partial charge in [0.1, 0.15) is 23.3 Å². The van der Waals surface area contributed by atoms with Gasteiger partial charge in [0.2, 0.25) is 0 Å². The van der Waals surface area contributed by atoms with E-state index in [1.54, 1.807) is 0 Å². The molecule has 58 heavy (non-hydrogen) atoms. The van der Waals surface area contributed by atoms with Gasteiger partial charge in [-0.2, -0.15) is 5.26 Å². The quantitative estimate of drug-likeness (QED) is 0.176. The van der Waals surface area contributed by atoms with Crippen LogP contribution in [-0.4, -0.2) is 9.13 Å². The van der Waals surface area contributed by atoms with Crippen LogP contribution in [0.5, 0.6) is 0 Å². The van der Waals surface area contributed by atoms with Crippen LogP contribution in [0, 0.1) is 23.0 Å². The second-order valence-electron chi connectivity index (χ2n) is 20.2. The minimum atomic E-state index is -0.666. The Labute approximate surface area is 341 Å². The maximum atomic E-state index is 16.0. The van der Waals surface area contributed by atoms with Crippen LogP contribution in [-0.2, 0) is 21.7 Å². The molecular weight excluding hydrogens is 717 g/mol. The van der Waals surface area contributed by atoms with Crippen LogP contribution in [0.15, 0.2) is 103 Å². The Morgan fingerprint density at radius 2 is 0.759 bits per heavy atom. The summed E-state index contributed by atoms with van der Waals surface area (Å²) in [6.45, 7) is 26.6. The molecule has 0 aliphatic carbocycles. The zero-order valence-corrected chi connectivity index (χ0v) is 35.9. The molecule has 0 saturated heterocycles. The fraction of sp³-hybridized carbons (Fsp3) is 0.302. The highest BCUT2D eigenvalue weighted by Crippen LogP contribution is 2.43. The van der Waals surface area contributed by atoms with E-state index < -0.39 is 11.6 Å². The van der Waals surface area contributed by atoms with Gasteiger partial charge in [-0.05, 0) is 122 Å². The van der Waals surface area contributed by atoms with Crippen LogP contribution in [0.2, 0.25) is 0 Å². The maximum Gasteiger partial charge on any atom is 0.133 e. The molecular formula is C53H53F2N3. The molecule has 5 heteroatoms. The Morgan fingerprint density at radius 3 is 1.03 bits per heavy atom. The summed E-state index contributed by atoms with van der Waals surface area (Å²) >= 11 is 0. The van der Waals surface area contributed by atoms with Crippen molar-refractivity contribution in [3.05, 3.63) is 143 Å². The van der Waals surface area contributed by atoms with Crippen molar-refractivity contribution in [1.82, 2.24) is 9.13 Å². The lowest BCUT2D eigenvalue weighted by Gasteiger charge is -2.21. The first kappa shape index (κ1) is 39.1. The van der Waals surface area contributed by atoms with Crippen LogP contribution in [0.1, 0.15) is 111 Å². The van der Waals surface area contributed by atoms with Crippen molar-refractivity contribution in [3.8, 4) is 28.6 Å². The standard InChI is InChI=1S/C53H53F2N3/c1-50(2,3)32-13-19-44-38(25-32)39-26-33(51(4,5)6)14-20-45(39)57(44)48-23-31(37-18-17-36(54)29-43(37)55)24-49(42(48)30-56)58-46-21-15-34(52(7,8)9)27-40(46)41-28-35(53(10,11)12)16-22-47(41)58/h13-29H,1-12H3. The molecule has 294 valence electrons. The van der Waals surface area contributed by atoms with Gasteiger partial charge in [-0.15, -0.1) is 0 Å². The molecule has 2 heterocycles. The van der Waals surface area contributed by atoms with Gasteiger partial charge in [-0.3, -0.25) is 0 Å². The Balaban J connectivity index is 1.56. The molecule has 0 amide bonds. The highest BCUT2D eigenvalue weighted by molar-refractivity contribution is 6.12. The molecule has 8 aromatic rings. The fourth-order valence-corrected chi connectivity index (χ4v) is 8.39. The first-order valence-corrected chi connectivity index (χ1v) is 20.3. The molecule has 0 radical (unpaired) electrons. The van der Waals surface area contributed by atoms with Gasteiger partial charge in [0, 0.05) is 33.2 Å². The first-order chi connectivity index (χ1) is 27.1. The zero-order valence-electron chi connectivity index (χ0n) is 35.9. The Hall–Kier alpha value is -5.73. The lowest BCUT2D eigenvalue weighted by atomic mass is 9.85. The number of rotatable bonds is 3. The third-order valence-electron chi connectivity index (χ3n) is 11.9. The molecule has 0 spiro atoms. The highest BCUT2D eigenvalue weighted by Gasteiger charge is 2.27. The van der Waals surface area contributed by atoms with Crippen LogP contribution in [0.4, 0.5) is 8.78 Å². The minimum Gasteiger partial charge on any atom is -0.308 e. The van der Waals surface area contributed by atoms with Gasteiger partial charge in [0.05, 0.1) is 33.4 Å². The summed E-state index contributed by atoms with van der Waals surface area (Å²) < 4.78 is 34.8. The normalized spacial score (nSPS) is 13.0. The molecule has 0 bridgehead atoms. The highest BCUT2D eigenvalue weighted by atomic mass is 19.1. The average molecular weight is 770 g/mol. The van der Waals surface area contributed by atoms with Gasteiger partial charge >= 0.3 is 0 Å². The second kappa shape index (κ2) is 13.1. The van der Waals surface area contributed by atoms with E-state index in [4.69, 9.17) is 0 Å². The summed E-state index contributed by atoms with van der Waals surface area (Å²) in [6.07, 6.45) is 0. The van der Waals surface area contributed by atoms with Gasteiger partial charge in [-0.1, -0.05) is 107 Å². The van der Waals surface area contributed by atoms with Crippen molar-refractivity contribution in [2.24, 2.45) is 0 Å². The monoisotopic (exact) mass is 769 g/mol. The lowest BCUT2D eigenvalue weighted by Crippen LogP contribution is -2.11. The van der Waals surface area contributed by atoms with Crippen molar-refractivity contribution >= 4 is 43.6 Å². The number of hydrogen-bond acceptors (Lipinski definition) is 1. The molecule has 6 aromatic carbocycles. The van der Waals surface area contributed by atoms with E-state index in [9.17, 15) is 9.65 Å². The number of nitrogens with zero attached hydrogens (tertiary/aromatic N) is 3. The number of aromatic nitrogens is 2. The maximum absolute atomic E-state index is 16.0. The lowest BCUT2D eigenvalue weighted by molar-refractivity contribution is 0.585. The Morgan fingerprint density at radius 1 is 0.431 bits per heavy atom. The minimum absolute atomic E-state index is 0.0918. The molecule has 0 aliphatic rings. The molecule has 0 atom stereocenters. The fourth-order valence-electron chi connectivity index (χ4n) is 8.39. The predicted molar refractivity (Wildman–Crippen MR) is 240 cm³/mol. The topological polar surface area (TPSA) is 33.6 Å². The van der Waals surface area contributed by atoms with Gasteiger partial charge in [0.15, 0.2) is 0 Å². The van der Waals surface area contributed by atoms with Crippen molar-refractivity contribution in [2.45, 2.75) is 105 Å². The van der Waals surface area contributed by atoms with E-state index in [1.165, 1.54) is 34.4 Å². The molecule has 0 unspecified atom stereocenters. The smallest absolute Gasteiger partial charge is 0.133 e. The summed E-state index contributed by atoms with van der Waals surface area (Å²) in [5.74, 6) is -1.31. The van der Waals surface area contributed by atoms with E-state index in [0.717, 1.165) is 49.7 Å². The average Bonchev–Trinajstić information content (AvgIpc) is 3.64. The number of nitriles is 1.